The summed E-state index contributed by atoms with van der Waals surface area (Å²) in [5.74, 6) is 1.31. The fraction of sp³-hybridized carbons (Fsp3) is 0.529. The second kappa shape index (κ2) is 8.10. The van der Waals surface area contributed by atoms with E-state index in [9.17, 15) is 0 Å². The van der Waals surface area contributed by atoms with Crippen LogP contribution >= 0.6 is 0 Å². The van der Waals surface area contributed by atoms with E-state index in [4.69, 9.17) is 0 Å². The molecule has 0 saturated heterocycles. The number of rotatable bonds is 8. The largest absolute Gasteiger partial charge is 0.316 e. The van der Waals surface area contributed by atoms with Crippen molar-refractivity contribution in [3.63, 3.8) is 0 Å². The highest BCUT2D eigenvalue weighted by Gasteiger charge is 2.11. The Hall–Kier alpha value is -1.08. The molecule has 0 spiro atoms. The number of hydrogen-bond donors (Lipinski definition) is 1. The van der Waals surface area contributed by atoms with E-state index in [1.807, 2.05) is 0 Å². The molecule has 1 aromatic rings. The summed E-state index contributed by atoms with van der Waals surface area (Å²) in [5.41, 5.74) is 2.72. The van der Waals surface area contributed by atoms with Crippen molar-refractivity contribution in [1.82, 2.24) is 5.32 Å². The highest BCUT2D eigenvalue weighted by Crippen LogP contribution is 2.22. The van der Waals surface area contributed by atoms with Gasteiger partial charge in [-0.3, -0.25) is 0 Å². The molecular formula is C17H27N. The molecule has 1 rings (SSSR count). The first-order valence-corrected chi connectivity index (χ1v) is 6.99. The van der Waals surface area contributed by atoms with Crippen molar-refractivity contribution in [2.24, 2.45) is 5.92 Å². The van der Waals surface area contributed by atoms with Gasteiger partial charge in [-0.25, -0.2) is 0 Å². The lowest BCUT2D eigenvalue weighted by atomic mass is 9.92. The van der Waals surface area contributed by atoms with Crippen LogP contribution in [-0.4, -0.2) is 13.1 Å². The average Bonchev–Trinajstić information content (AvgIpc) is 2.34. The Labute approximate surface area is 112 Å². The molecule has 1 heteroatoms. The van der Waals surface area contributed by atoms with Gasteiger partial charge in [-0.2, -0.15) is 0 Å². The van der Waals surface area contributed by atoms with Crippen molar-refractivity contribution in [3.05, 3.63) is 48.0 Å². The zero-order valence-electron chi connectivity index (χ0n) is 12.1. The van der Waals surface area contributed by atoms with Gasteiger partial charge in [0.1, 0.15) is 0 Å². The number of nitrogens with one attached hydrogen (secondary N) is 1. The molecule has 0 aromatic heterocycles. The van der Waals surface area contributed by atoms with Crippen LogP contribution in [0.15, 0.2) is 42.5 Å². The third-order valence-corrected chi connectivity index (χ3v) is 3.13. The van der Waals surface area contributed by atoms with Gasteiger partial charge in [-0.15, -0.1) is 6.58 Å². The third-order valence-electron chi connectivity index (χ3n) is 3.13. The molecule has 0 saturated carbocycles. The second-order valence-electron chi connectivity index (χ2n) is 5.66. The van der Waals surface area contributed by atoms with Crippen molar-refractivity contribution >= 4 is 0 Å². The minimum Gasteiger partial charge on any atom is -0.316 e. The van der Waals surface area contributed by atoms with Crippen LogP contribution in [0.1, 0.15) is 45.1 Å². The van der Waals surface area contributed by atoms with E-state index >= 15 is 0 Å². The van der Waals surface area contributed by atoms with Gasteiger partial charge < -0.3 is 5.32 Å². The monoisotopic (exact) mass is 245 g/mol. The predicted octanol–water partition coefficient (Wildman–Crippen LogP) is 4.37. The molecule has 1 N–H and O–H groups in total. The summed E-state index contributed by atoms with van der Waals surface area (Å²) in [4.78, 5) is 0. The minimum atomic E-state index is 0.599. The Balaban J connectivity index is 2.55. The molecule has 0 aliphatic heterocycles. The van der Waals surface area contributed by atoms with E-state index in [-0.39, 0.29) is 0 Å². The first-order chi connectivity index (χ1) is 8.59. The molecule has 100 valence electrons. The maximum absolute atomic E-state index is 4.01. The van der Waals surface area contributed by atoms with Crippen LogP contribution in [-0.2, 0) is 0 Å². The topological polar surface area (TPSA) is 12.0 Å². The van der Waals surface area contributed by atoms with Gasteiger partial charge in [0.2, 0.25) is 0 Å². The van der Waals surface area contributed by atoms with Gasteiger partial charge in [0.05, 0.1) is 0 Å². The normalized spacial score (nSPS) is 12.7. The highest BCUT2D eigenvalue weighted by molar-refractivity contribution is 5.20. The molecule has 0 aliphatic rings. The lowest BCUT2D eigenvalue weighted by Crippen LogP contribution is -2.25. The van der Waals surface area contributed by atoms with Gasteiger partial charge >= 0.3 is 0 Å². The maximum atomic E-state index is 4.01. The number of benzene rings is 1. The van der Waals surface area contributed by atoms with Crippen molar-refractivity contribution in [2.45, 2.75) is 39.5 Å². The van der Waals surface area contributed by atoms with Gasteiger partial charge in [0.25, 0.3) is 0 Å². The SMILES string of the molecule is C=C(C)CCC(CNCC(C)C)c1ccccc1. The van der Waals surface area contributed by atoms with E-state index in [1.54, 1.807) is 0 Å². The van der Waals surface area contributed by atoms with Gasteiger partial charge in [0, 0.05) is 6.54 Å². The summed E-state index contributed by atoms with van der Waals surface area (Å²) in [6.45, 7) is 12.8. The lowest BCUT2D eigenvalue weighted by molar-refractivity contribution is 0.500. The molecule has 0 radical (unpaired) electrons. The molecular weight excluding hydrogens is 218 g/mol. The maximum Gasteiger partial charge on any atom is 0.00203 e. The predicted molar refractivity (Wildman–Crippen MR) is 80.9 cm³/mol. The van der Waals surface area contributed by atoms with Crippen molar-refractivity contribution < 1.29 is 0 Å². The zero-order valence-corrected chi connectivity index (χ0v) is 12.1. The van der Waals surface area contributed by atoms with Crippen LogP contribution in [0, 0.1) is 5.92 Å². The van der Waals surface area contributed by atoms with Crippen LogP contribution in [0.25, 0.3) is 0 Å². The van der Waals surface area contributed by atoms with E-state index < -0.39 is 0 Å². The summed E-state index contributed by atoms with van der Waals surface area (Å²) >= 11 is 0. The molecule has 18 heavy (non-hydrogen) atoms. The Kier molecular flexibility index (Phi) is 6.74. The molecule has 1 nitrogen and oxygen atoms in total. The fourth-order valence-corrected chi connectivity index (χ4v) is 2.08. The van der Waals surface area contributed by atoms with Gasteiger partial charge in [-0.05, 0) is 43.7 Å². The molecule has 0 aliphatic carbocycles. The zero-order chi connectivity index (χ0) is 13.4. The van der Waals surface area contributed by atoms with Gasteiger partial charge in [0.15, 0.2) is 0 Å². The second-order valence-corrected chi connectivity index (χ2v) is 5.66. The average molecular weight is 245 g/mol. The van der Waals surface area contributed by atoms with Crippen molar-refractivity contribution in [2.75, 3.05) is 13.1 Å². The molecule has 1 unspecified atom stereocenters. The Morgan fingerprint density at radius 3 is 2.39 bits per heavy atom. The Morgan fingerprint density at radius 1 is 1.17 bits per heavy atom. The van der Waals surface area contributed by atoms with Crippen LogP contribution in [0.4, 0.5) is 0 Å². The summed E-state index contributed by atoms with van der Waals surface area (Å²) in [6, 6.07) is 10.8. The van der Waals surface area contributed by atoms with Crippen molar-refractivity contribution in [3.8, 4) is 0 Å². The highest BCUT2D eigenvalue weighted by atomic mass is 14.9. The summed E-state index contributed by atoms with van der Waals surface area (Å²) in [5, 5.41) is 3.58. The fourth-order valence-electron chi connectivity index (χ4n) is 2.08. The Bertz CT molecular complexity index is 340. The smallest absolute Gasteiger partial charge is 0.00203 e. The molecule has 0 bridgehead atoms. The van der Waals surface area contributed by atoms with E-state index in [1.165, 1.54) is 17.6 Å². The minimum absolute atomic E-state index is 0.599. The number of hydrogen-bond acceptors (Lipinski definition) is 1. The van der Waals surface area contributed by atoms with Crippen molar-refractivity contribution in [1.29, 1.82) is 0 Å². The van der Waals surface area contributed by atoms with E-state index in [0.29, 0.717) is 11.8 Å². The van der Waals surface area contributed by atoms with E-state index in [0.717, 1.165) is 19.5 Å². The number of allylic oxidation sites excluding steroid dienone is 1. The summed E-state index contributed by atoms with van der Waals surface area (Å²) < 4.78 is 0. The molecule has 0 heterocycles. The lowest BCUT2D eigenvalue weighted by Gasteiger charge is -2.19. The summed E-state index contributed by atoms with van der Waals surface area (Å²) in [6.07, 6.45) is 2.30. The Morgan fingerprint density at radius 2 is 1.83 bits per heavy atom. The van der Waals surface area contributed by atoms with Crippen LogP contribution in [0.3, 0.4) is 0 Å². The standard InChI is InChI=1S/C17H27N/c1-14(2)10-11-17(13-18-12-15(3)4)16-8-6-5-7-9-16/h5-9,15,17-18H,1,10-13H2,2-4H3. The van der Waals surface area contributed by atoms with E-state index in [2.05, 4.69) is 63.0 Å². The van der Waals surface area contributed by atoms with Crippen LogP contribution in [0.2, 0.25) is 0 Å². The quantitative estimate of drug-likeness (QED) is 0.670. The first-order valence-electron chi connectivity index (χ1n) is 6.99. The first kappa shape index (κ1) is 15.0. The molecule has 0 amide bonds. The summed E-state index contributed by atoms with van der Waals surface area (Å²) in [7, 11) is 0. The third kappa shape index (κ3) is 6.02. The molecule has 1 aromatic carbocycles. The van der Waals surface area contributed by atoms with Gasteiger partial charge in [-0.1, -0.05) is 49.8 Å². The molecule has 0 fully saturated rings. The van der Waals surface area contributed by atoms with Crippen LogP contribution in [0.5, 0.6) is 0 Å². The van der Waals surface area contributed by atoms with Crippen LogP contribution < -0.4 is 5.32 Å². The molecule has 1 atom stereocenters.